The number of carbonyl (C=O) groups excluding carboxylic acids is 1. The standard InChI is InChI=1S/C19H29NO5/c1-12(21)25-18-8-13-6-5-7-17(15(13)9-16(18)23)24-11-14(22)10-20-19(2,3)4/h5-7,14,16,18,20,22-23H,8-11H2,1-4H3. The van der Waals surface area contributed by atoms with Gasteiger partial charge in [-0.05, 0) is 32.4 Å². The Labute approximate surface area is 149 Å². The molecular formula is C19H29NO5. The summed E-state index contributed by atoms with van der Waals surface area (Å²) in [6, 6.07) is 5.65. The molecule has 1 aliphatic rings. The quantitative estimate of drug-likeness (QED) is 0.668. The Balaban J connectivity index is 1.99. The number of esters is 1. The molecule has 3 N–H and O–H groups in total. The van der Waals surface area contributed by atoms with Crippen molar-refractivity contribution < 1.29 is 24.5 Å². The average molecular weight is 351 g/mol. The van der Waals surface area contributed by atoms with Gasteiger partial charge in [-0.1, -0.05) is 12.1 Å². The van der Waals surface area contributed by atoms with Gasteiger partial charge in [-0.15, -0.1) is 0 Å². The summed E-state index contributed by atoms with van der Waals surface area (Å²) in [5.41, 5.74) is 1.84. The van der Waals surface area contributed by atoms with Gasteiger partial charge in [0.15, 0.2) is 0 Å². The molecule has 0 aliphatic heterocycles. The molecule has 0 spiro atoms. The van der Waals surface area contributed by atoms with Crippen LogP contribution in [0.1, 0.15) is 38.8 Å². The van der Waals surface area contributed by atoms with Gasteiger partial charge in [-0.25, -0.2) is 0 Å². The third-order valence-electron chi connectivity index (χ3n) is 4.11. The summed E-state index contributed by atoms with van der Waals surface area (Å²) in [6.45, 7) is 8.06. The lowest BCUT2D eigenvalue weighted by atomic mass is 9.87. The van der Waals surface area contributed by atoms with Crippen LogP contribution < -0.4 is 10.1 Å². The molecule has 2 rings (SSSR count). The van der Waals surface area contributed by atoms with Gasteiger partial charge in [-0.2, -0.15) is 0 Å². The largest absolute Gasteiger partial charge is 0.491 e. The lowest BCUT2D eigenvalue weighted by molar-refractivity contribution is -0.152. The molecule has 0 amide bonds. The number of aliphatic hydroxyl groups is 2. The summed E-state index contributed by atoms with van der Waals surface area (Å²) in [4.78, 5) is 11.2. The minimum absolute atomic E-state index is 0.0667. The van der Waals surface area contributed by atoms with Crippen molar-refractivity contribution in [3.05, 3.63) is 29.3 Å². The molecule has 0 bridgehead atoms. The molecule has 0 radical (unpaired) electrons. The number of hydrogen-bond acceptors (Lipinski definition) is 6. The van der Waals surface area contributed by atoms with Crippen LogP contribution in [0.5, 0.6) is 5.75 Å². The molecule has 0 aromatic heterocycles. The summed E-state index contributed by atoms with van der Waals surface area (Å²) in [5, 5.41) is 23.6. The number of β-amino-alcohol motifs (C(OH)–C–C–N with tert-alkyl or cyclic N) is 1. The normalized spacial score (nSPS) is 21.4. The lowest BCUT2D eigenvalue weighted by Crippen LogP contribution is -2.42. The lowest BCUT2D eigenvalue weighted by Gasteiger charge is -2.30. The Hall–Kier alpha value is -1.63. The van der Waals surface area contributed by atoms with Crippen LogP contribution in [0, 0.1) is 0 Å². The monoisotopic (exact) mass is 351 g/mol. The Morgan fingerprint density at radius 2 is 2.08 bits per heavy atom. The number of nitrogens with one attached hydrogen (secondary N) is 1. The van der Waals surface area contributed by atoms with Crippen LogP contribution in [-0.2, 0) is 22.4 Å². The maximum atomic E-state index is 11.2. The first kappa shape index (κ1) is 19.7. The highest BCUT2D eigenvalue weighted by Gasteiger charge is 2.31. The molecule has 0 saturated heterocycles. The van der Waals surface area contributed by atoms with Crippen LogP contribution >= 0.6 is 0 Å². The van der Waals surface area contributed by atoms with E-state index in [4.69, 9.17) is 9.47 Å². The van der Waals surface area contributed by atoms with Crippen LogP contribution in [0.15, 0.2) is 18.2 Å². The second-order valence-electron chi connectivity index (χ2n) is 7.61. The molecule has 3 unspecified atom stereocenters. The predicted molar refractivity (Wildman–Crippen MR) is 94.7 cm³/mol. The number of fused-ring (bicyclic) bond motifs is 1. The van der Waals surface area contributed by atoms with E-state index in [0.717, 1.165) is 11.1 Å². The van der Waals surface area contributed by atoms with E-state index in [0.29, 0.717) is 25.1 Å². The first-order valence-corrected chi connectivity index (χ1v) is 8.67. The van der Waals surface area contributed by atoms with Gasteiger partial charge < -0.3 is 25.0 Å². The van der Waals surface area contributed by atoms with E-state index in [1.807, 2.05) is 39.0 Å². The van der Waals surface area contributed by atoms with Gasteiger partial charge in [0.1, 0.15) is 24.6 Å². The Morgan fingerprint density at radius 3 is 2.72 bits per heavy atom. The van der Waals surface area contributed by atoms with E-state index in [9.17, 15) is 15.0 Å². The second kappa shape index (κ2) is 8.17. The van der Waals surface area contributed by atoms with Crippen molar-refractivity contribution in [3.63, 3.8) is 0 Å². The molecule has 1 aromatic rings. The topological polar surface area (TPSA) is 88.0 Å². The number of carbonyl (C=O) groups is 1. The van der Waals surface area contributed by atoms with Crippen molar-refractivity contribution >= 4 is 5.97 Å². The van der Waals surface area contributed by atoms with Crippen molar-refractivity contribution in [2.24, 2.45) is 0 Å². The number of benzene rings is 1. The molecule has 3 atom stereocenters. The van der Waals surface area contributed by atoms with Gasteiger partial charge in [-0.3, -0.25) is 4.79 Å². The third-order valence-corrected chi connectivity index (χ3v) is 4.11. The Kier molecular flexibility index (Phi) is 6.43. The molecule has 0 fully saturated rings. The van der Waals surface area contributed by atoms with Crippen molar-refractivity contribution in [2.45, 2.75) is 64.4 Å². The predicted octanol–water partition coefficient (Wildman–Crippen LogP) is 1.21. The van der Waals surface area contributed by atoms with Crippen molar-refractivity contribution in [1.29, 1.82) is 0 Å². The highest BCUT2D eigenvalue weighted by molar-refractivity contribution is 5.66. The summed E-state index contributed by atoms with van der Waals surface area (Å²) in [7, 11) is 0. The molecule has 140 valence electrons. The SMILES string of the molecule is CC(=O)OC1Cc2cccc(OCC(O)CNC(C)(C)C)c2CC1O. The zero-order chi connectivity index (χ0) is 18.6. The zero-order valence-electron chi connectivity index (χ0n) is 15.4. The van der Waals surface area contributed by atoms with Crippen LogP contribution in [0.2, 0.25) is 0 Å². The molecular weight excluding hydrogens is 322 g/mol. The van der Waals surface area contributed by atoms with Gasteiger partial charge in [0.25, 0.3) is 0 Å². The number of aliphatic hydroxyl groups excluding tert-OH is 2. The first-order valence-electron chi connectivity index (χ1n) is 8.67. The fraction of sp³-hybridized carbons (Fsp3) is 0.632. The second-order valence-corrected chi connectivity index (χ2v) is 7.61. The molecule has 6 nitrogen and oxygen atoms in total. The van der Waals surface area contributed by atoms with E-state index >= 15 is 0 Å². The van der Waals surface area contributed by atoms with Gasteiger partial charge in [0.2, 0.25) is 0 Å². The number of hydrogen-bond donors (Lipinski definition) is 3. The highest BCUT2D eigenvalue weighted by Crippen LogP contribution is 2.31. The van der Waals surface area contributed by atoms with E-state index in [-0.39, 0.29) is 12.1 Å². The summed E-state index contributed by atoms with van der Waals surface area (Å²) < 4.78 is 11.0. The maximum Gasteiger partial charge on any atom is 0.303 e. The van der Waals surface area contributed by atoms with Crippen LogP contribution in [0.3, 0.4) is 0 Å². The zero-order valence-corrected chi connectivity index (χ0v) is 15.4. The smallest absolute Gasteiger partial charge is 0.303 e. The maximum absolute atomic E-state index is 11.2. The molecule has 1 aromatic carbocycles. The molecule has 1 aliphatic carbocycles. The molecule has 0 heterocycles. The summed E-state index contributed by atoms with van der Waals surface area (Å²) in [6.07, 6.45) is -1.09. The Morgan fingerprint density at radius 1 is 1.36 bits per heavy atom. The van der Waals surface area contributed by atoms with Crippen LogP contribution in [-0.4, -0.2) is 53.2 Å². The van der Waals surface area contributed by atoms with Crippen LogP contribution in [0.4, 0.5) is 0 Å². The van der Waals surface area contributed by atoms with Gasteiger partial charge >= 0.3 is 5.97 Å². The summed E-state index contributed by atoms with van der Waals surface area (Å²) in [5.74, 6) is 0.266. The molecule has 6 heteroatoms. The fourth-order valence-corrected chi connectivity index (χ4v) is 2.86. The first-order chi connectivity index (χ1) is 11.7. The highest BCUT2D eigenvalue weighted by atomic mass is 16.6. The van der Waals surface area contributed by atoms with E-state index in [1.54, 1.807) is 0 Å². The molecule has 0 saturated carbocycles. The van der Waals surface area contributed by atoms with Gasteiger partial charge in [0.05, 0.1) is 6.10 Å². The average Bonchev–Trinajstić information content (AvgIpc) is 2.50. The fourth-order valence-electron chi connectivity index (χ4n) is 2.86. The van der Waals surface area contributed by atoms with Crippen molar-refractivity contribution in [1.82, 2.24) is 5.32 Å². The third kappa shape index (κ3) is 5.99. The summed E-state index contributed by atoms with van der Waals surface area (Å²) >= 11 is 0. The van der Waals surface area contributed by atoms with Crippen LogP contribution in [0.25, 0.3) is 0 Å². The number of rotatable bonds is 6. The number of ether oxygens (including phenoxy) is 2. The minimum atomic E-state index is -0.756. The minimum Gasteiger partial charge on any atom is -0.491 e. The Bertz CT molecular complexity index is 596. The van der Waals surface area contributed by atoms with Crippen molar-refractivity contribution in [2.75, 3.05) is 13.2 Å². The van der Waals surface area contributed by atoms with E-state index < -0.39 is 24.3 Å². The van der Waals surface area contributed by atoms with Crippen molar-refractivity contribution in [3.8, 4) is 5.75 Å². The van der Waals surface area contributed by atoms with Gasteiger partial charge in [0, 0.05) is 37.4 Å². The molecule has 25 heavy (non-hydrogen) atoms. The van der Waals surface area contributed by atoms with E-state index in [2.05, 4.69) is 5.32 Å². The van der Waals surface area contributed by atoms with E-state index in [1.165, 1.54) is 6.92 Å².